The number of benzene rings is 2. The molecule has 2 aromatic carbocycles. The largest absolute Gasteiger partial charge is 0.439 e. The van der Waals surface area contributed by atoms with Crippen molar-refractivity contribution in [2.75, 3.05) is 5.32 Å². The average molecular weight is 340 g/mol. The van der Waals surface area contributed by atoms with Crippen LogP contribution in [0.5, 0.6) is 11.6 Å². The van der Waals surface area contributed by atoms with Gasteiger partial charge in [-0.15, -0.1) is 0 Å². The number of anilines is 1. The predicted octanol–water partition coefficient (Wildman–Crippen LogP) is 4.07. The van der Waals surface area contributed by atoms with Gasteiger partial charge in [0.15, 0.2) is 11.1 Å². The fourth-order valence-electron chi connectivity index (χ4n) is 2.21. The summed E-state index contributed by atoms with van der Waals surface area (Å²) in [6, 6.07) is 20.0. The molecule has 122 valence electrons. The van der Waals surface area contributed by atoms with Gasteiger partial charge in [-0.2, -0.15) is 0 Å². The Morgan fingerprint density at radius 3 is 2.54 bits per heavy atom. The third kappa shape index (κ3) is 4.18. The zero-order valence-corrected chi connectivity index (χ0v) is 13.6. The molecule has 1 atom stereocenters. The first-order chi connectivity index (χ1) is 11.7. The molecule has 5 nitrogen and oxygen atoms in total. The van der Waals surface area contributed by atoms with Crippen molar-refractivity contribution in [3.63, 3.8) is 0 Å². The van der Waals surface area contributed by atoms with Crippen molar-refractivity contribution >= 4 is 16.8 Å². The molecule has 24 heavy (non-hydrogen) atoms. The lowest BCUT2D eigenvalue weighted by molar-refractivity contribution is 0.462. The Morgan fingerprint density at radius 1 is 1.04 bits per heavy atom. The molecule has 0 spiro atoms. The molecule has 0 aliphatic carbocycles. The van der Waals surface area contributed by atoms with Crippen LogP contribution in [0.25, 0.3) is 0 Å². The van der Waals surface area contributed by atoms with Crippen LogP contribution in [0.1, 0.15) is 5.56 Å². The first-order valence-electron chi connectivity index (χ1n) is 7.34. The molecule has 0 fully saturated rings. The van der Waals surface area contributed by atoms with Crippen molar-refractivity contribution in [2.24, 2.45) is 0 Å². The van der Waals surface area contributed by atoms with Crippen LogP contribution in [-0.4, -0.2) is 13.7 Å². The van der Waals surface area contributed by atoms with Gasteiger partial charge in [-0.25, -0.2) is 9.19 Å². The number of nitrogens with one attached hydrogen (secondary N) is 1. The molecule has 0 saturated carbocycles. The van der Waals surface area contributed by atoms with Crippen LogP contribution < -0.4 is 10.1 Å². The summed E-state index contributed by atoms with van der Waals surface area (Å²) in [7, 11) is 0. The van der Waals surface area contributed by atoms with Crippen LogP contribution in [0.2, 0.25) is 0 Å². The molecule has 6 heteroatoms. The zero-order chi connectivity index (χ0) is 16.8. The molecular formula is C18H16N2O3S. The Hall–Kier alpha value is -2.70. The number of rotatable bonds is 6. The van der Waals surface area contributed by atoms with Crippen LogP contribution in [0.3, 0.4) is 0 Å². The minimum Gasteiger partial charge on any atom is -0.439 e. The highest BCUT2D eigenvalue weighted by molar-refractivity contribution is 7.79. The van der Waals surface area contributed by atoms with Gasteiger partial charge < -0.3 is 14.6 Å². The first kappa shape index (κ1) is 16.2. The third-order valence-corrected chi connectivity index (χ3v) is 4.11. The summed E-state index contributed by atoms with van der Waals surface area (Å²) >= 11 is -2.06. The minimum atomic E-state index is -2.06. The third-order valence-electron chi connectivity index (χ3n) is 3.34. The second kappa shape index (κ2) is 7.72. The molecule has 0 bridgehead atoms. The molecule has 0 amide bonds. The van der Waals surface area contributed by atoms with Gasteiger partial charge >= 0.3 is 0 Å². The number of para-hydroxylation sites is 1. The summed E-state index contributed by atoms with van der Waals surface area (Å²) in [4.78, 5) is 4.46. The standard InChI is InChI=1S/C18H16N2O3S/c21-24(22)17-10-9-16(23-18-8-4-5-11-19-18)12-14(17)13-20-15-6-2-1-3-7-15/h1-12,20H,13H2,(H,21,22). The normalized spacial score (nSPS) is 11.7. The van der Waals surface area contributed by atoms with Crippen molar-refractivity contribution in [3.05, 3.63) is 78.5 Å². The van der Waals surface area contributed by atoms with Gasteiger partial charge in [-0.1, -0.05) is 24.3 Å². The summed E-state index contributed by atoms with van der Waals surface area (Å²) < 4.78 is 26.7. The Bertz CT molecular complexity index is 826. The highest BCUT2D eigenvalue weighted by Gasteiger charge is 2.10. The maximum Gasteiger partial charge on any atom is 0.219 e. The number of aromatic nitrogens is 1. The van der Waals surface area contributed by atoms with Crippen molar-refractivity contribution < 1.29 is 13.5 Å². The van der Waals surface area contributed by atoms with Crippen LogP contribution in [0.4, 0.5) is 5.69 Å². The first-order valence-corrected chi connectivity index (χ1v) is 8.44. The van der Waals surface area contributed by atoms with E-state index in [9.17, 15) is 8.76 Å². The van der Waals surface area contributed by atoms with Crippen molar-refractivity contribution in [1.82, 2.24) is 4.98 Å². The lowest BCUT2D eigenvalue weighted by Gasteiger charge is -2.12. The van der Waals surface area contributed by atoms with Crippen molar-refractivity contribution in [3.8, 4) is 11.6 Å². The summed E-state index contributed by atoms with van der Waals surface area (Å²) in [6.45, 7) is 0.408. The molecule has 0 aliphatic heterocycles. The molecule has 0 saturated heterocycles. The van der Waals surface area contributed by atoms with Crippen molar-refractivity contribution in [1.29, 1.82) is 0 Å². The van der Waals surface area contributed by atoms with E-state index in [1.165, 1.54) is 0 Å². The van der Waals surface area contributed by atoms with Gasteiger partial charge in [0.25, 0.3) is 0 Å². The maximum absolute atomic E-state index is 11.5. The molecule has 1 unspecified atom stereocenters. The number of nitrogens with zero attached hydrogens (tertiary/aromatic N) is 1. The lowest BCUT2D eigenvalue weighted by atomic mass is 10.2. The summed E-state index contributed by atoms with van der Waals surface area (Å²) in [5.74, 6) is 1.03. The SMILES string of the molecule is O=S(O)c1ccc(Oc2ccccn2)cc1CNc1ccccc1. The van der Waals surface area contributed by atoms with E-state index in [4.69, 9.17) is 4.74 Å². The van der Waals surface area contributed by atoms with Gasteiger partial charge in [-0.3, -0.25) is 0 Å². The Morgan fingerprint density at radius 2 is 1.83 bits per heavy atom. The van der Waals surface area contributed by atoms with E-state index in [1.807, 2.05) is 36.4 Å². The fourth-order valence-corrected chi connectivity index (χ4v) is 2.75. The van der Waals surface area contributed by atoms with E-state index in [1.54, 1.807) is 36.5 Å². The Balaban J connectivity index is 1.82. The highest BCUT2D eigenvalue weighted by atomic mass is 32.2. The lowest BCUT2D eigenvalue weighted by Crippen LogP contribution is -2.04. The zero-order valence-electron chi connectivity index (χ0n) is 12.8. The molecule has 0 radical (unpaired) electrons. The van der Waals surface area contributed by atoms with Gasteiger partial charge in [-0.05, 0) is 42.0 Å². The van der Waals surface area contributed by atoms with Crippen LogP contribution in [-0.2, 0) is 17.6 Å². The predicted molar refractivity (Wildman–Crippen MR) is 93.6 cm³/mol. The maximum atomic E-state index is 11.5. The van der Waals surface area contributed by atoms with Crippen LogP contribution in [0, 0.1) is 0 Å². The number of ether oxygens (including phenoxy) is 1. The molecular weight excluding hydrogens is 324 g/mol. The van der Waals surface area contributed by atoms with Gasteiger partial charge in [0.05, 0.1) is 4.90 Å². The molecule has 3 aromatic rings. The topological polar surface area (TPSA) is 71.5 Å². The molecule has 2 N–H and O–H groups in total. The number of hydrogen-bond acceptors (Lipinski definition) is 4. The monoisotopic (exact) mass is 340 g/mol. The van der Waals surface area contributed by atoms with E-state index >= 15 is 0 Å². The minimum absolute atomic E-state index is 0.354. The smallest absolute Gasteiger partial charge is 0.219 e. The molecule has 3 rings (SSSR count). The molecule has 1 aromatic heterocycles. The van der Waals surface area contributed by atoms with E-state index in [2.05, 4.69) is 10.3 Å². The van der Waals surface area contributed by atoms with Crippen molar-refractivity contribution in [2.45, 2.75) is 11.4 Å². The fraction of sp³-hybridized carbons (Fsp3) is 0.0556. The molecule has 1 heterocycles. The number of pyridine rings is 1. The quantitative estimate of drug-likeness (QED) is 0.662. The van der Waals surface area contributed by atoms with E-state index in [0.29, 0.717) is 28.6 Å². The van der Waals surface area contributed by atoms with Crippen LogP contribution in [0.15, 0.2) is 77.8 Å². The molecule has 0 aliphatic rings. The van der Waals surface area contributed by atoms with E-state index in [0.717, 1.165) is 5.69 Å². The van der Waals surface area contributed by atoms with E-state index in [-0.39, 0.29) is 0 Å². The average Bonchev–Trinajstić information content (AvgIpc) is 2.61. The summed E-state index contributed by atoms with van der Waals surface area (Å²) in [5.41, 5.74) is 1.62. The number of hydrogen-bond donors (Lipinski definition) is 2. The second-order valence-corrected chi connectivity index (χ2v) is 5.95. The van der Waals surface area contributed by atoms with Gasteiger partial charge in [0.2, 0.25) is 5.88 Å². The second-order valence-electron chi connectivity index (χ2n) is 5.01. The van der Waals surface area contributed by atoms with Gasteiger partial charge in [0.1, 0.15) is 5.75 Å². The summed E-state index contributed by atoms with van der Waals surface area (Å²) in [5, 5.41) is 3.23. The Labute approximate surface area is 142 Å². The highest BCUT2D eigenvalue weighted by Crippen LogP contribution is 2.25. The Kier molecular flexibility index (Phi) is 5.20. The van der Waals surface area contributed by atoms with E-state index < -0.39 is 11.1 Å². The van der Waals surface area contributed by atoms with Crippen LogP contribution >= 0.6 is 0 Å². The summed E-state index contributed by atoms with van der Waals surface area (Å²) in [6.07, 6.45) is 1.64. The van der Waals surface area contributed by atoms with Gasteiger partial charge in [0, 0.05) is 24.5 Å².